The Morgan fingerprint density at radius 1 is 1.25 bits per heavy atom. The quantitative estimate of drug-likeness (QED) is 0.931. The van der Waals surface area contributed by atoms with Crippen LogP contribution in [0.15, 0.2) is 22.7 Å². The van der Waals surface area contributed by atoms with E-state index in [1.807, 2.05) is 6.92 Å². The van der Waals surface area contributed by atoms with Crippen LogP contribution in [0.4, 0.5) is 0 Å². The van der Waals surface area contributed by atoms with Crippen LogP contribution < -0.4 is 5.32 Å². The molecule has 4 heteroatoms. The molecular formula is C16H20N2O2. The lowest BCUT2D eigenvalue weighted by Gasteiger charge is -2.17. The number of nitrogens with zero attached hydrogens (tertiary/aromatic N) is 1. The summed E-state index contributed by atoms with van der Waals surface area (Å²) < 4.78 is 5.03. The molecule has 0 radical (unpaired) electrons. The Hall–Kier alpha value is -2.10. The Morgan fingerprint density at radius 2 is 1.95 bits per heavy atom. The zero-order chi connectivity index (χ0) is 14.9. The molecule has 1 aromatic heterocycles. The van der Waals surface area contributed by atoms with E-state index < -0.39 is 0 Å². The molecule has 0 saturated carbocycles. The molecule has 0 fully saturated rings. The van der Waals surface area contributed by atoms with Crippen LogP contribution in [0.25, 0.3) is 0 Å². The summed E-state index contributed by atoms with van der Waals surface area (Å²) in [5, 5.41) is 6.81. The van der Waals surface area contributed by atoms with Gasteiger partial charge in [0.2, 0.25) is 0 Å². The van der Waals surface area contributed by atoms with E-state index in [1.165, 1.54) is 11.1 Å². The van der Waals surface area contributed by atoms with Crippen LogP contribution in [0.2, 0.25) is 0 Å². The zero-order valence-electron chi connectivity index (χ0n) is 12.6. The van der Waals surface area contributed by atoms with Gasteiger partial charge in [-0.15, -0.1) is 0 Å². The van der Waals surface area contributed by atoms with Crippen LogP contribution in [0, 0.1) is 27.7 Å². The fourth-order valence-corrected chi connectivity index (χ4v) is 2.47. The topological polar surface area (TPSA) is 55.1 Å². The molecule has 0 aliphatic rings. The van der Waals surface area contributed by atoms with Crippen LogP contribution >= 0.6 is 0 Å². The van der Waals surface area contributed by atoms with Gasteiger partial charge in [0, 0.05) is 0 Å². The molecule has 2 rings (SSSR count). The van der Waals surface area contributed by atoms with Crippen molar-refractivity contribution < 1.29 is 9.32 Å². The molecule has 0 unspecified atom stereocenters. The van der Waals surface area contributed by atoms with Crippen LogP contribution in [-0.2, 0) is 0 Å². The number of nitrogens with one attached hydrogen (secondary N) is 1. The molecule has 20 heavy (non-hydrogen) atoms. The van der Waals surface area contributed by atoms with Crippen LogP contribution in [0.3, 0.4) is 0 Å². The predicted molar refractivity (Wildman–Crippen MR) is 77.8 cm³/mol. The first-order valence-corrected chi connectivity index (χ1v) is 6.71. The van der Waals surface area contributed by atoms with E-state index in [2.05, 4.69) is 42.5 Å². The van der Waals surface area contributed by atoms with Crippen molar-refractivity contribution in [2.45, 2.75) is 40.7 Å². The molecular weight excluding hydrogens is 252 g/mol. The Labute approximate surface area is 119 Å². The number of benzene rings is 1. The lowest BCUT2D eigenvalue weighted by atomic mass is 10.00. The highest BCUT2D eigenvalue weighted by Crippen LogP contribution is 2.20. The van der Waals surface area contributed by atoms with Crippen LogP contribution in [0.1, 0.15) is 51.5 Å². The smallest absolute Gasteiger partial charge is 0.257 e. The first-order valence-electron chi connectivity index (χ1n) is 6.71. The number of carbonyl (C=O) groups is 1. The second kappa shape index (κ2) is 5.49. The van der Waals surface area contributed by atoms with Gasteiger partial charge in [-0.1, -0.05) is 28.9 Å². The number of aryl methyl sites for hydroxylation is 4. The fourth-order valence-electron chi connectivity index (χ4n) is 2.47. The molecule has 0 bridgehead atoms. The largest absolute Gasteiger partial charge is 0.361 e. The standard InChI is InChI=1S/C16H20N2O2/c1-9-6-7-14(10(2)8-9)11(3)17-16(19)15-12(4)18-20-13(15)5/h6-8,11H,1-5H3,(H,17,19)/t11-/m1/s1. The van der Waals surface area contributed by atoms with Crippen molar-refractivity contribution in [3.63, 3.8) is 0 Å². The summed E-state index contributed by atoms with van der Waals surface area (Å²) in [5.74, 6) is 0.404. The SMILES string of the molecule is Cc1ccc([C@@H](C)NC(=O)c2c(C)noc2C)c(C)c1. The molecule has 1 atom stereocenters. The van der Waals surface area contributed by atoms with E-state index >= 15 is 0 Å². The third-order valence-corrected chi connectivity index (χ3v) is 3.50. The van der Waals surface area contributed by atoms with Crippen molar-refractivity contribution in [2.24, 2.45) is 0 Å². The van der Waals surface area contributed by atoms with Gasteiger partial charge in [-0.25, -0.2) is 0 Å². The van der Waals surface area contributed by atoms with Crippen molar-refractivity contribution in [3.8, 4) is 0 Å². The number of aromatic nitrogens is 1. The van der Waals surface area contributed by atoms with Crippen molar-refractivity contribution in [2.75, 3.05) is 0 Å². The van der Waals surface area contributed by atoms with E-state index in [9.17, 15) is 4.79 Å². The molecule has 0 aliphatic carbocycles. The van der Waals surface area contributed by atoms with Gasteiger partial charge in [0.25, 0.3) is 5.91 Å². The molecule has 1 N–H and O–H groups in total. The molecule has 0 spiro atoms. The summed E-state index contributed by atoms with van der Waals surface area (Å²) in [5.41, 5.74) is 4.66. The molecule has 0 aliphatic heterocycles. The van der Waals surface area contributed by atoms with E-state index in [4.69, 9.17) is 4.52 Å². The highest BCUT2D eigenvalue weighted by atomic mass is 16.5. The molecule has 106 valence electrons. The lowest BCUT2D eigenvalue weighted by Crippen LogP contribution is -2.27. The number of amides is 1. The minimum Gasteiger partial charge on any atom is -0.361 e. The van der Waals surface area contributed by atoms with Gasteiger partial charge in [-0.3, -0.25) is 4.79 Å². The number of carbonyl (C=O) groups excluding carboxylic acids is 1. The highest BCUT2D eigenvalue weighted by molar-refractivity contribution is 5.96. The number of hydrogen-bond donors (Lipinski definition) is 1. The number of hydrogen-bond acceptors (Lipinski definition) is 3. The average Bonchev–Trinajstić information content (AvgIpc) is 2.68. The molecule has 1 heterocycles. The van der Waals surface area contributed by atoms with Crippen LogP contribution in [-0.4, -0.2) is 11.1 Å². The lowest BCUT2D eigenvalue weighted by molar-refractivity contribution is 0.0938. The third-order valence-electron chi connectivity index (χ3n) is 3.50. The van der Waals surface area contributed by atoms with E-state index in [0.29, 0.717) is 17.0 Å². The van der Waals surface area contributed by atoms with Crippen LogP contribution in [0.5, 0.6) is 0 Å². The second-order valence-corrected chi connectivity index (χ2v) is 5.25. The minimum absolute atomic E-state index is 0.0585. The van der Waals surface area contributed by atoms with Crippen molar-refractivity contribution in [3.05, 3.63) is 51.9 Å². The fraction of sp³-hybridized carbons (Fsp3) is 0.375. The number of rotatable bonds is 3. The van der Waals surface area contributed by atoms with Gasteiger partial charge in [0.15, 0.2) is 0 Å². The maximum atomic E-state index is 12.3. The minimum atomic E-state index is -0.145. The van der Waals surface area contributed by atoms with E-state index in [0.717, 1.165) is 5.56 Å². The summed E-state index contributed by atoms with van der Waals surface area (Å²) >= 11 is 0. The summed E-state index contributed by atoms with van der Waals surface area (Å²) in [6.45, 7) is 9.61. The monoisotopic (exact) mass is 272 g/mol. The molecule has 2 aromatic rings. The maximum absolute atomic E-state index is 12.3. The first kappa shape index (κ1) is 14.3. The summed E-state index contributed by atoms with van der Waals surface area (Å²) in [6, 6.07) is 6.18. The van der Waals surface area contributed by atoms with Gasteiger partial charge < -0.3 is 9.84 Å². The van der Waals surface area contributed by atoms with Crippen molar-refractivity contribution >= 4 is 5.91 Å². The van der Waals surface area contributed by atoms with Crippen molar-refractivity contribution in [1.29, 1.82) is 0 Å². The van der Waals surface area contributed by atoms with E-state index in [1.54, 1.807) is 13.8 Å². The first-order chi connectivity index (χ1) is 9.40. The Kier molecular flexibility index (Phi) is 3.93. The highest BCUT2D eigenvalue weighted by Gasteiger charge is 2.20. The van der Waals surface area contributed by atoms with Crippen molar-refractivity contribution in [1.82, 2.24) is 10.5 Å². The summed E-state index contributed by atoms with van der Waals surface area (Å²) in [6.07, 6.45) is 0. The van der Waals surface area contributed by atoms with Gasteiger partial charge in [-0.2, -0.15) is 0 Å². The average molecular weight is 272 g/mol. The Morgan fingerprint density at radius 3 is 2.50 bits per heavy atom. The molecule has 1 amide bonds. The third kappa shape index (κ3) is 2.74. The summed E-state index contributed by atoms with van der Waals surface area (Å²) in [7, 11) is 0. The normalized spacial score (nSPS) is 12.2. The maximum Gasteiger partial charge on any atom is 0.257 e. The summed E-state index contributed by atoms with van der Waals surface area (Å²) in [4.78, 5) is 12.3. The van der Waals surface area contributed by atoms with Gasteiger partial charge >= 0.3 is 0 Å². The van der Waals surface area contributed by atoms with E-state index in [-0.39, 0.29) is 11.9 Å². The van der Waals surface area contributed by atoms with Gasteiger partial charge in [0.05, 0.1) is 11.7 Å². The molecule has 4 nitrogen and oxygen atoms in total. The predicted octanol–water partition coefficient (Wildman–Crippen LogP) is 3.40. The second-order valence-electron chi connectivity index (χ2n) is 5.25. The Balaban J connectivity index is 2.19. The zero-order valence-corrected chi connectivity index (χ0v) is 12.6. The molecule has 0 saturated heterocycles. The molecule has 1 aromatic carbocycles. The van der Waals surface area contributed by atoms with Gasteiger partial charge in [-0.05, 0) is 45.7 Å². The van der Waals surface area contributed by atoms with Gasteiger partial charge in [0.1, 0.15) is 11.3 Å². The Bertz CT molecular complexity index is 624.